The first-order valence-corrected chi connectivity index (χ1v) is 4.86. The van der Waals surface area contributed by atoms with E-state index in [1.165, 1.54) is 0 Å². The lowest BCUT2D eigenvalue weighted by Crippen LogP contribution is -2.25. The third-order valence-electron chi connectivity index (χ3n) is 1.46. The Labute approximate surface area is 80.4 Å². The number of rotatable bonds is 6. The van der Waals surface area contributed by atoms with Crippen LogP contribution in [0.1, 0.15) is 34.1 Å². The second kappa shape index (κ2) is 6.89. The van der Waals surface area contributed by atoms with Gasteiger partial charge in [-0.3, -0.25) is 0 Å². The molecule has 0 radical (unpaired) electrons. The topological polar surface area (TPSA) is 35.5 Å². The molecule has 0 aliphatic carbocycles. The molecule has 13 heavy (non-hydrogen) atoms. The van der Waals surface area contributed by atoms with Crippen LogP contribution in [-0.2, 0) is 14.3 Å². The minimum Gasteiger partial charge on any atom is -0.464 e. The summed E-state index contributed by atoms with van der Waals surface area (Å²) in [5, 5.41) is 0. The highest BCUT2D eigenvalue weighted by Gasteiger charge is 2.14. The van der Waals surface area contributed by atoms with Crippen LogP contribution in [-0.4, -0.2) is 25.3 Å². The van der Waals surface area contributed by atoms with Crippen molar-refractivity contribution in [3.63, 3.8) is 0 Å². The van der Waals surface area contributed by atoms with E-state index in [-0.39, 0.29) is 5.97 Å². The maximum atomic E-state index is 11.2. The van der Waals surface area contributed by atoms with Crippen LogP contribution in [0.2, 0.25) is 0 Å². The molecule has 0 aromatic rings. The molecule has 3 heteroatoms. The Morgan fingerprint density at radius 2 is 1.92 bits per heavy atom. The van der Waals surface area contributed by atoms with E-state index < -0.39 is 6.10 Å². The van der Waals surface area contributed by atoms with Crippen LogP contribution in [0.15, 0.2) is 0 Å². The summed E-state index contributed by atoms with van der Waals surface area (Å²) in [6.45, 7) is 8.86. The first-order chi connectivity index (χ1) is 6.07. The molecule has 0 heterocycles. The van der Waals surface area contributed by atoms with E-state index in [1.807, 2.05) is 20.8 Å². The smallest absolute Gasteiger partial charge is 0.334 e. The molecule has 0 aromatic carbocycles. The lowest BCUT2D eigenvalue weighted by Gasteiger charge is -2.13. The molecular formula is C10H20O3. The predicted molar refractivity (Wildman–Crippen MR) is 51.5 cm³/mol. The van der Waals surface area contributed by atoms with Crippen LogP contribution >= 0.6 is 0 Å². The van der Waals surface area contributed by atoms with E-state index in [2.05, 4.69) is 0 Å². The molecule has 0 saturated carbocycles. The molecule has 0 rings (SSSR count). The number of ether oxygens (including phenoxy) is 2. The maximum absolute atomic E-state index is 11.2. The fourth-order valence-corrected chi connectivity index (χ4v) is 0.725. The largest absolute Gasteiger partial charge is 0.464 e. The minimum atomic E-state index is -0.436. The molecular weight excluding hydrogens is 168 g/mol. The predicted octanol–water partition coefficient (Wildman–Crippen LogP) is 2.00. The molecule has 3 nitrogen and oxygen atoms in total. The quantitative estimate of drug-likeness (QED) is 0.598. The first-order valence-electron chi connectivity index (χ1n) is 4.86. The van der Waals surface area contributed by atoms with Gasteiger partial charge in [-0.2, -0.15) is 0 Å². The summed E-state index contributed by atoms with van der Waals surface area (Å²) in [4.78, 5) is 11.2. The summed E-state index contributed by atoms with van der Waals surface area (Å²) < 4.78 is 10.2. The summed E-state index contributed by atoms with van der Waals surface area (Å²) in [6.07, 6.45) is 0.414. The minimum absolute atomic E-state index is 0.262. The van der Waals surface area contributed by atoms with Gasteiger partial charge in [0.15, 0.2) is 6.10 Å². The van der Waals surface area contributed by atoms with Gasteiger partial charge in [0.25, 0.3) is 0 Å². The van der Waals surface area contributed by atoms with Gasteiger partial charge in [-0.05, 0) is 19.3 Å². The Balaban J connectivity index is 3.57. The third-order valence-corrected chi connectivity index (χ3v) is 1.46. The van der Waals surface area contributed by atoms with Crippen LogP contribution in [0.25, 0.3) is 0 Å². The molecule has 1 atom stereocenters. The molecule has 0 amide bonds. The van der Waals surface area contributed by atoms with Crippen molar-refractivity contribution in [2.24, 2.45) is 5.92 Å². The van der Waals surface area contributed by atoms with E-state index in [1.54, 1.807) is 6.92 Å². The highest BCUT2D eigenvalue weighted by Crippen LogP contribution is 2.00. The lowest BCUT2D eigenvalue weighted by atomic mass is 10.2. The van der Waals surface area contributed by atoms with Crippen LogP contribution < -0.4 is 0 Å². The molecule has 0 bridgehead atoms. The molecule has 0 fully saturated rings. The standard InChI is InChI=1S/C10H20O3/c1-5-6-12-10(11)9(4)13-7-8(2)3/h8-9H,5-7H2,1-4H3. The number of carbonyl (C=O) groups excluding carboxylic acids is 1. The molecule has 0 N–H and O–H groups in total. The maximum Gasteiger partial charge on any atom is 0.334 e. The number of hydrogen-bond acceptors (Lipinski definition) is 3. The summed E-state index contributed by atoms with van der Waals surface area (Å²) >= 11 is 0. The number of carbonyl (C=O) groups is 1. The summed E-state index contributed by atoms with van der Waals surface area (Å²) in [5.74, 6) is 0.184. The van der Waals surface area contributed by atoms with Crippen molar-refractivity contribution in [2.45, 2.75) is 40.2 Å². The van der Waals surface area contributed by atoms with Gasteiger partial charge in [0.1, 0.15) is 0 Å². The summed E-state index contributed by atoms with van der Waals surface area (Å²) in [6, 6.07) is 0. The Kier molecular flexibility index (Phi) is 6.59. The summed E-state index contributed by atoms with van der Waals surface area (Å²) in [5.41, 5.74) is 0. The molecule has 0 aliphatic heterocycles. The van der Waals surface area contributed by atoms with Crippen LogP contribution in [0.3, 0.4) is 0 Å². The average molecular weight is 188 g/mol. The van der Waals surface area contributed by atoms with E-state index >= 15 is 0 Å². The average Bonchev–Trinajstić information content (AvgIpc) is 2.10. The van der Waals surface area contributed by atoms with Gasteiger partial charge in [0, 0.05) is 0 Å². The molecule has 0 saturated heterocycles. The van der Waals surface area contributed by atoms with Gasteiger partial charge in [-0.25, -0.2) is 4.79 Å². The Bertz CT molecular complexity index is 143. The monoisotopic (exact) mass is 188 g/mol. The number of esters is 1. The SMILES string of the molecule is CCCOC(=O)C(C)OCC(C)C. The fourth-order valence-electron chi connectivity index (χ4n) is 0.725. The van der Waals surface area contributed by atoms with Crippen molar-refractivity contribution < 1.29 is 14.3 Å². The lowest BCUT2D eigenvalue weighted by molar-refractivity contribution is -0.156. The molecule has 0 aliphatic rings. The van der Waals surface area contributed by atoms with Crippen molar-refractivity contribution in [1.82, 2.24) is 0 Å². The van der Waals surface area contributed by atoms with Crippen molar-refractivity contribution in [2.75, 3.05) is 13.2 Å². The van der Waals surface area contributed by atoms with E-state index in [0.29, 0.717) is 19.1 Å². The second-order valence-electron chi connectivity index (χ2n) is 3.54. The van der Waals surface area contributed by atoms with Crippen LogP contribution in [0.4, 0.5) is 0 Å². The zero-order valence-corrected chi connectivity index (χ0v) is 9.00. The van der Waals surface area contributed by atoms with Gasteiger partial charge in [0.2, 0.25) is 0 Å². The Morgan fingerprint density at radius 1 is 1.31 bits per heavy atom. The highest BCUT2D eigenvalue weighted by atomic mass is 16.6. The number of hydrogen-bond donors (Lipinski definition) is 0. The van der Waals surface area contributed by atoms with Gasteiger partial charge < -0.3 is 9.47 Å². The van der Waals surface area contributed by atoms with Gasteiger partial charge in [-0.1, -0.05) is 20.8 Å². The van der Waals surface area contributed by atoms with Gasteiger partial charge in [0.05, 0.1) is 13.2 Å². The van der Waals surface area contributed by atoms with Crippen molar-refractivity contribution in [3.05, 3.63) is 0 Å². The summed E-state index contributed by atoms with van der Waals surface area (Å²) in [7, 11) is 0. The third kappa shape index (κ3) is 6.58. The van der Waals surface area contributed by atoms with Crippen molar-refractivity contribution in [1.29, 1.82) is 0 Å². The zero-order chi connectivity index (χ0) is 10.3. The van der Waals surface area contributed by atoms with Crippen LogP contribution in [0, 0.1) is 5.92 Å². The van der Waals surface area contributed by atoms with E-state index in [4.69, 9.17) is 9.47 Å². The Morgan fingerprint density at radius 3 is 2.38 bits per heavy atom. The normalized spacial score (nSPS) is 13.0. The fraction of sp³-hybridized carbons (Fsp3) is 0.900. The molecule has 0 spiro atoms. The van der Waals surface area contributed by atoms with Crippen molar-refractivity contribution in [3.8, 4) is 0 Å². The second-order valence-corrected chi connectivity index (χ2v) is 3.54. The van der Waals surface area contributed by atoms with E-state index in [0.717, 1.165) is 6.42 Å². The van der Waals surface area contributed by atoms with Gasteiger partial charge in [-0.15, -0.1) is 0 Å². The zero-order valence-electron chi connectivity index (χ0n) is 9.00. The van der Waals surface area contributed by atoms with Crippen molar-refractivity contribution >= 4 is 5.97 Å². The van der Waals surface area contributed by atoms with Crippen LogP contribution in [0.5, 0.6) is 0 Å². The van der Waals surface area contributed by atoms with E-state index in [9.17, 15) is 4.79 Å². The highest BCUT2D eigenvalue weighted by molar-refractivity contribution is 5.74. The first kappa shape index (κ1) is 12.4. The van der Waals surface area contributed by atoms with Gasteiger partial charge >= 0.3 is 5.97 Å². The molecule has 0 aromatic heterocycles. The Hall–Kier alpha value is -0.570. The molecule has 1 unspecified atom stereocenters. The molecule has 78 valence electrons.